The lowest BCUT2D eigenvalue weighted by molar-refractivity contribution is 0.0411. The predicted octanol–water partition coefficient (Wildman–Crippen LogP) is 0.104. The van der Waals surface area contributed by atoms with Gasteiger partial charge in [0.1, 0.15) is 6.73 Å². The summed E-state index contributed by atoms with van der Waals surface area (Å²) in [7, 11) is 0. The van der Waals surface area contributed by atoms with Gasteiger partial charge in [0.25, 0.3) is 5.91 Å². The summed E-state index contributed by atoms with van der Waals surface area (Å²) >= 11 is 5.57. The van der Waals surface area contributed by atoms with Crippen molar-refractivity contribution in [3.8, 4) is 11.8 Å². The topological polar surface area (TPSA) is 103 Å². The van der Waals surface area contributed by atoms with E-state index in [1.54, 1.807) is 0 Å². The van der Waals surface area contributed by atoms with Gasteiger partial charge in [0.05, 0.1) is 13.2 Å². The van der Waals surface area contributed by atoms with Crippen molar-refractivity contribution in [1.29, 1.82) is 0 Å². The van der Waals surface area contributed by atoms with Crippen LogP contribution in [0.15, 0.2) is 0 Å². The van der Waals surface area contributed by atoms with E-state index in [1.807, 2.05) is 0 Å². The number of unbranched alkanes of at least 4 members (excludes halogenated alkanes) is 2. The summed E-state index contributed by atoms with van der Waals surface area (Å²) in [6.45, 7) is 0.109. The Morgan fingerprint density at radius 3 is 2.95 bits per heavy atom. The summed E-state index contributed by atoms with van der Waals surface area (Å²) in [6, 6.07) is 0. The van der Waals surface area contributed by atoms with E-state index in [1.165, 1.54) is 4.68 Å². The van der Waals surface area contributed by atoms with Crippen LogP contribution in [0, 0.1) is 11.8 Å². The first-order valence-corrected chi connectivity index (χ1v) is 6.70. The largest absolute Gasteiger partial charge is 0.394 e. The summed E-state index contributed by atoms with van der Waals surface area (Å²) in [6.07, 6.45) is 2.48. The Bertz CT molecular complexity index is 493. The van der Waals surface area contributed by atoms with Crippen LogP contribution in [0.25, 0.3) is 0 Å². The molecular formula is C12H17ClN4O3. The zero-order chi connectivity index (χ0) is 14.8. The van der Waals surface area contributed by atoms with Gasteiger partial charge in [-0.1, -0.05) is 5.92 Å². The number of aromatic nitrogens is 3. The summed E-state index contributed by atoms with van der Waals surface area (Å²) in [5.74, 6) is 5.83. The number of hydrogen-bond acceptors (Lipinski definition) is 5. The van der Waals surface area contributed by atoms with Crippen LogP contribution < -0.4 is 5.73 Å². The van der Waals surface area contributed by atoms with Crippen molar-refractivity contribution >= 4 is 17.5 Å². The minimum absolute atomic E-state index is 0.0481. The van der Waals surface area contributed by atoms with Gasteiger partial charge >= 0.3 is 0 Å². The first-order valence-electron chi connectivity index (χ1n) is 6.17. The molecule has 1 aromatic rings. The van der Waals surface area contributed by atoms with Crippen molar-refractivity contribution in [3.05, 3.63) is 11.6 Å². The second-order valence-corrected chi connectivity index (χ2v) is 4.21. The van der Waals surface area contributed by atoms with E-state index in [9.17, 15) is 4.79 Å². The van der Waals surface area contributed by atoms with E-state index in [0.717, 1.165) is 12.8 Å². The van der Waals surface area contributed by atoms with Crippen LogP contribution in [0.4, 0.5) is 0 Å². The summed E-state index contributed by atoms with van der Waals surface area (Å²) < 4.78 is 6.46. The molecule has 0 unspecified atom stereocenters. The third kappa shape index (κ3) is 5.57. The zero-order valence-electron chi connectivity index (χ0n) is 11.0. The third-order valence-electron chi connectivity index (χ3n) is 2.23. The standard InChI is InChI=1S/C12H17ClN4O3/c13-6-4-2-1-3-5-10-15-12(11(14)19)16-17(10)9-20-8-7-18/h18H,1-2,4,6-9H2,(H2,14,19). The van der Waals surface area contributed by atoms with E-state index in [0.29, 0.717) is 18.1 Å². The number of aliphatic hydroxyl groups is 1. The highest BCUT2D eigenvalue weighted by Gasteiger charge is 2.12. The Balaban J connectivity index is 2.72. The van der Waals surface area contributed by atoms with Crippen LogP contribution in [0.1, 0.15) is 35.7 Å². The van der Waals surface area contributed by atoms with Crippen LogP contribution in [0.2, 0.25) is 0 Å². The average Bonchev–Trinajstić information content (AvgIpc) is 2.83. The molecule has 0 bridgehead atoms. The molecule has 0 saturated heterocycles. The number of alkyl halides is 1. The van der Waals surface area contributed by atoms with Crippen molar-refractivity contribution in [2.75, 3.05) is 19.1 Å². The van der Waals surface area contributed by atoms with E-state index in [4.69, 9.17) is 27.2 Å². The van der Waals surface area contributed by atoms with Crippen LogP contribution >= 0.6 is 11.6 Å². The second-order valence-electron chi connectivity index (χ2n) is 3.83. The molecule has 0 aliphatic carbocycles. The highest BCUT2D eigenvalue weighted by atomic mass is 35.5. The summed E-state index contributed by atoms with van der Waals surface area (Å²) in [4.78, 5) is 15.0. The number of aliphatic hydroxyl groups excluding tert-OH is 1. The molecule has 1 aromatic heterocycles. The number of hydrogen-bond donors (Lipinski definition) is 2. The van der Waals surface area contributed by atoms with Crippen LogP contribution in [0.3, 0.4) is 0 Å². The fraction of sp³-hybridized carbons (Fsp3) is 0.583. The lowest BCUT2D eigenvalue weighted by Gasteiger charge is -2.02. The molecule has 7 nitrogen and oxygen atoms in total. The molecule has 1 rings (SSSR count). The van der Waals surface area contributed by atoms with E-state index in [-0.39, 0.29) is 25.8 Å². The maximum Gasteiger partial charge on any atom is 0.288 e. The minimum Gasteiger partial charge on any atom is -0.394 e. The highest BCUT2D eigenvalue weighted by Crippen LogP contribution is 2.00. The van der Waals surface area contributed by atoms with E-state index >= 15 is 0 Å². The number of halogens is 1. The molecule has 0 spiro atoms. The maximum atomic E-state index is 11.1. The number of amides is 1. The minimum atomic E-state index is -0.726. The Kier molecular flexibility index (Phi) is 7.65. The molecule has 8 heteroatoms. The lowest BCUT2D eigenvalue weighted by atomic mass is 10.2. The molecule has 0 fully saturated rings. The number of primary amides is 1. The fourth-order valence-corrected chi connectivity index (χ4v) is 1.48. The van der Waals surface area contributed by atoms with Crippen molar-refractivity contribution in [2.24, 2.45) is 5.73 Å². The van der Waals surface area contributed by atoms with Gasteiger partial charge in [0.2, 0.25) is 11.6 Å². The second kappa shape index (κ2) is 9.31. The first kappa shape index (κ1) is 16.4. The smallest absolute Gasteiger partial charge is 0.288 e. The Morgan fingerprint density at radius 1 is 1.50 bits per heavy atom. The van der Waals surface area contributed by atoms with Crippen LogP contribution in [-0.2, 0) is 11.5 Å². The predicted molar refractivity (Wildman–Crippen MR) is 73.0 cm³/mol. The Morgan fingerprint density at radius 2 is 2.30 bits per heavy atom. The molecular weight excluding hydrogens is 284 g/mol. The summed E-state index contributed by atoms with van der Waals surface area (Å²) in [5, 5.41) is 12.5. The molecule has 0 radical (unpaired) electrons. The quantitative estimate of drug-likeness (QED) is 0.403. The molecule has 0 aliphatic rings. The van der Waals surface area contributed by atoms with Crippen molar-refractivity contribution < 1.29 is 14.6 Å². The van der Waals surface area contributed by atoms with Gasteiger partial charge < -0.3 is 15.6 Å². The number of nitrogens with two attached hydrogens (primary N) is 1. The normalized spacial score (nSPS) is 10.1. The molecule has 0 aliphatic heterocycles. The van der Waals surface area contributed by atoms with Gasteiger partial charge in [0, 0.05) is 12.3 Å². The molecule has 0 atom stereocenters. The number of nitrogens with zero attached hydrogens (tertiary/aromatic N) is 3. The summed E-state index contributed by atoms with van der Waals surface area (Å²) in [5.41, 5.74) is 5.12. The van der Waals surface area contributed by atoms with E-state index in [2.05, 4.69) is 21.9 Å². The SMILES string of the molecule is NC(=O)c1nc(C#CCCCCCl)n(COCCO)n1. The van der Waals surface area contributed by atoms with Gasteiger partial charge in [-0.05, 0) is 18.8 Å². The first-order chi connectivity index (χ1) is 9.69. The monoisotopic (exact) mass is 300 g/mol. The molecule has 3 N–H and O–H groups in total. The van der Waals surface area contributed by atoms with Gasteiger partial charge in [0.15, 0.2) is 0 Å². The van der Waals surface area contributed by atoms with Gasteiger partial charge in [-0.25, -0.2) is 4.68 Å². The third-order valence-corrected chi connectivity index (χ3v) is 2.49. The van der Waals surface area contributed by atoms with Crippen molar-refractivity contribution in [3.63, 3.8) is 0 Å². The molecule has 20 heavy (non-hydrogen) atoms. The average molecular weight is 301 g/mol. The Labute approximate surface area is 122 Å². The van der Waals surface area contributed by atoms with Gasteiger partial charge in [-0.2, -0.15) is 4.98 Å². The molecule has 110 valence electrons. The molecule has 1 amide bonds. The van der Waals surface area contributed by atoms with Crippen molar-refractivity contribution in [1.82, 2.24) is 14.8 Å². The highest BCUT2D eigenvalue weighted by molar-refractivity contribution is 6.17. The van der Waals surface area contributed by atoms with Gasteiger partial charge in [-0.3, -0.25) is 4.79 Å². The zero-order valence-corrected chi connectivity index (χ0v) is 11.8. The van der Waals surface area contributed by atoms with Crippen LogP contribution in [0.5, 0.6) is 0 Å². The van der Waals surface area contributed by atoms with Crippen molar-refractivity contribution in [2.45, 2.75) is 26.0 Å². The Hall–Kier alpha value is -1.62. The maximum absolute atomic E-state index is 11.1. The number of rotatable bonds is 8. The number of ether oxygens (including phenoxy) is 1. The van der Waals surface area contributed by atoms with E-state index < -0.39 is 5.91 Å². The number of carbonyl (C=O) groups is 1. The van der Waals surface area contributed by atoms with Crippen LogP contribution in [-0.4, -0.2) is 44.9 Å². The number of carbonyl (C=O) groups excluding carboxylic acids is 1. The molecule has 1 heterocycles. The fourth-order valence-electron chi connectivity index (χ4n) is 1.29. The van der Waals surface area contributed by atoms with Gasteiger partial charge in [-0.15, -0.1) is 16.7 Å². The molecule has 0 aromatic carbocycles. The lowest BCUT2D eigenvalue weighted by Crippen LogP contribution is -2.14. The molecule has 0 saturated carbocycles.